The van der Waals surface area contributed by atoms with Crippen LogP contribution in [-0.2, 0) is 26.2 Å². The zero-order chi connectivity index (χ0) is 27.6. The van der Waals surface area contributed by atoms with Crippen molar-refractivity contribution in [1.29, 1.82) is 0 Å². The van der Waals surface area contributed by atoms with Crippen molar-refractivity contribution in [2.75, 3.05) is 23.7 Å². The molecule has 0 aliphatic carbocycles. The van der Waals surface area contributed by atoms with Crippen LogP contribution in [0.2, 0.25) is 0 Å². The van der Waals surface area contributed by atoms with E-state index >= 15 is 0 Å². The standard InChI is InChI=1S/C28H41N3O5S/c1-7-22(4)29-28(33)23(5)30(20-24-12-9-11-21(3)19-24)27(32)13-10-18-31(37(6,34)35)25-14-16-26(17-15-25)36-8-2/h9,11-12,14-17,19,22-23H,7-8,10,13,18,20H2,1-6H3,(H,29,33)/t22-,23-/m0/s1. The molecule has 0 heterocycles. The molecule has 0 bridgehead atoms. The van der Waals surface area contributed by atoms with Crippen LogP contribution in [0, 0.1) is 6.92 Å². The van der Waals surface area contributed by atoms with Crippen LogP contribution in [-0.4, -0.2) is 56.6 Å². The summed E-state index contributed by atoms with van der Waals surface area (Å²) in [6.45, 7) is 10.5. The van der Waals surface area contributed by atoms with E-state index < -0.39 is 16.1 Å². The Morgan fingerprint density at radius 2 is 1.73 bits per heavy atom. The summed E-state index contributed by atoms with van der Waals surface area (Å²) in [4.78, 5) is 27.8. The SMILES string of the molecule is CCOc1ccc(N(CCCC(=O)N(Cc2cccc(C)c2)[C@@H](C)C(=O)N[C@@H](C)CC)S(C)(=O)=O)cc1. The molecule has 8 nitrogen and oxygen atoms in total. The average Bonchev–Trinajstić information content (AvgIpc) is 2.84. The maximum absolute atomic E-state index is 13.4. The topological polar surface area (TPSA) is 96.0 Å². The quantitative estimate of drug-likeness (QED) is 0.393. The van der Waals surface area contributed by atoms with Gasteiger partial charge in [0.2, 0.25) is 21.8 Å². The molecular weight excluding hydrogens is 490 g/mol. The minimum atomic E-state index is -3.56. The van der Waals surface area contributed by atoms with Gasteiger partial charge in [0.25, 0.3) is 0 Å². The van der Waals surface area contributed by atoms with Crippen molar-refractivity contribution in [2.24, 2.45) is 0 Å². The van der Waals surface area contributed by atoms with Gasteiger partial charge in [-0.3, -0.25) is 13.9 Å². The number of hydrogen-bond acceptors (Lipinski definition) is 5. The van der Waals surface area contributed by atoms with E-state index in [1.54, 1.807) is 36.1 Å². The number of aryl methyl sites for hydroxylation is 1. The number of carbonyl (C=O) groups is 2. The Morgan fingerprint density at radius 1 is 1.05 bits per heavy atom. The summed E-state index contributed by atoms with van der Waals surface area (Å²) < 4.78 is 31.7. The van der Waals surface area contributed by atoms with Crippen LogP contribution >= 0.6 is 0 Å². The highest BCUT2D eigenvalue weighted by molar-refractivity contribution is 7.92. The van der Waals surface area contributed by atoms with Crippen LogP contribution in [0.5, 0.6) is 5.75 Å². The number of nitrogens with one attached hydrogen (secondary N) is 1. The van der Waals surface area contributed by atoms with Crippen LogP contribution in [0.4, 0.5) is 5.69 Å². The molecule has 0 fully saturated rings. The third-order valence-corrected chi connectivity index (χ3v) is 7.39. The Labute approximate surface area is 222 Å². The molecule has 0 saturated heterocycles. The van der Waals surface area contributed by atoms with Gasteiger partial charge in [-0.1, -0.05) is 36.8 Å². The van der Waals surface area contributed by atoms with Gasteiger partial charge in [0.05, 0.1) is 18.6 Å². The summed E-state index contributed by atoms with van der Waals surface area (Å²) in [7, 11) is -3.56. The first kappa shape index (κ1) is 30.2. The second-order valence-electron chi connectivity index (χ2n) is 9.37. The first-order valence-corrected chi connectivity index (χ1v) is 14.7. The summed E-state index contributed by atoms with van der Waals surface area (Å²) in [5.74, 6) is 0.252. The second kappa shape index (κ2) is 14.0. The lowest BCUT2D eigenvalue weighted by molar-refractivity contribution is -0.140. The number of carbonyl (C=O) groups excluding carboxylic acids is 2. The lowest BCUT2D eigenvalue weighted by Crippen LogP contribution is -2.49. The average molecular weight is 532 g/mol. The number of nitrogens with zero attached hydrogens (tertiary/aromatic N) is 2. The van der Waals surface area contributed by atoms with Crippen LogP contribution in [0.3, 0.4) is 0 Å². The zero-order valence-corrected chi connectivity index (χ0v) is 23.7. The van der Waals surface area contributed by atoms with Gasteiger partial charge in [-0.2, -0.15) is 0 Å². The molecule has 0 unspecified atom stereocenters. The number of amides is 2. The molecule has 37 heavy (non-hydrogen) atoms. The highest BCUT2D eigenvalue weighted by atomic mass is 32.2. The molecule has 0 spiro atoms. The van der Waals surface area contributed by atoms with Crippen LogP contribution < -0.4 is 14.4 Å². The van der Waals surface area contributed by atoms with Crippen LogP contribution in [0.1, 0.15) is 58.1 Å². The monoisotopic (exact) mass is 531 g/mol. The molecule has 2 amide bonds. The fourth-order valence-electron chi connectivity index (χ4n) is 3.93. The van der Waals surface area contributed by atoms with E-state index in [0.29, 0.717) is 31.0 Å². The summed E-state index contributed by atoms with van der Waals surface area (Å²) in [6, 6.07) is 14.0. The molecular formula is C28H41N3O5S. The van der Waals surface area contributed by atoms with Crippen molar-refractivity contribution in [3.05, 3.63) is 59.7 Å². The summed E-state index contributed by atoms with van der Waals surface area (Å²) in [6.07, 6.45) is 2.35. The maximum atomic E-state index is 13.4. The molecule has 0 saturated carbocycles. The second-order valence-corrected chi connectivity index (χ2v) is 11.3. The highest BCUT2D eigenvalue weighted by Gasteiger charge is 2.27. The summed E-state index contributed by atoms with van der Waals surface area (Å²) in [5.41, 5.74) is 2.51. The van der Waals surface area contributed by atoms with E-state index in [2.05, 4.69) is 5.32 Å². The molecule has 0 aliphatic rings. The fourth-order valence-corrected chi connectivity index (χ4v) is 4.90. The van der Waals surface area contributed by atoms with E-state index in [9.17, 15) is 18.0 Å². The fraction of sp³-hybridized carbons (Fsp3) is 0.500. The third-order valence-electron chi connectivity index (χ3n) is 6.19. The van der Waals surface area contributed by atoms with E-state index in [0.717, 1.165) is 23.8 Å². The van der Waals surface area contributed by atoms with E-state index in [1.807, 2.05) is 52.0 Å². The van der Waals surface area contributed by atoms with E-state index in [1.165, 1.54) is 4.31 Å². The Hall–Kier alpha value is -3.07. The van der Waals surface area contributed by atoms with Crippen molar-refractivity contribution < 1.29 is 22.7 Å². The number of sulfonamides is 1. The first-order valence-electron chi connectivity index (χ1n) is 12.8. The number of anilines is 1. The van der Waals surface area contributed by atoms with Gasteiger partial charge >= 0.3 is 0 Å². The molecule has 2 atom stereocenters. The largest absolute Gasteiger partial charge is 0.494 e. The molecule has 2 aromatic rings. The number of rotatable bonds is 14. The summed E-state index contributed by atoms with van der Waals surface area (Å²) >= 11 is 0. The molecule has 2 aromatic carbocycles. The van der Waals surface area contributed by atoms with Crippen LogP contribution in [0.25, 0.3) is 0 Å². The Morgan fingerprint density at radius 3 is 2.30 bits per heavy atom. The van der Waals surface area contributed by atoms with Gasteiger partial charge in [-0.25, -0.2) is 8.42 Å². The van der Waals surface area contributed by atoms with E-state index in [4.69, 9.17) is 4.74 Å². The molecule has 0 aromatic heterocycles. The molecule has 9 heteroatoms. The summed E-state index contributed by atoms with van der Waals surface area (Å²) in [5, 5.41) is 2.96. The van der Waals surface area contributed by atoms with Crippen molar-refractivity contribution in [3.8, 4) is 5.75 Å². The van der Waals surface area contributed by atoms with Crippen molar-refractivity contribution >= 4 is 27.5 Å². The van der Waals surface area contributed by atoms with Crippen LogP contribution in [0.15, 0.2) is 48.5 Å². The van der Waals surface area contributed by atoms with Crippen molar-refractivity contribution in [3.63, 3.8) is 0 Å². The Bertz CT molecular complexity index is 1130. The molecule has 2 rings (SSSR count). The third kappa shape index (κ3) is 9.39. The molecule has 1 N–H and O–H groups in total. The molecule has 0 radical (unpaired) electrons. The van der Waals surface area contributed by atoms with Gasteiger partial charge in [0.1, 0.15) is 11.8 Å². The van der Waals surface area contributed by atoms with E-state index in [-0.39, 0.29) is 30.8 Å². The highest BCUT2D eigenvalue weighted by Crippen LogP contribution is 2.22. The molecule has 204 valence electrons. The molecule has 0 aliphatic heterocycles. The van der Waals surface area contributed by atoms with Gasteiger partial charge < -0.3 is 15.0 Å². The van der Waals surface area contributed by atoms with Gasteiger partial charge in [0.15, 0.2) is 0 Å². The number of ether oxygens (including phenoxy) is 1. The zero-order valence-electron chi connectivity index (χ0n) is 22.9. The van der Waals surface area contributed by atoms with Crippen molar-refractivity contribution in [1.82, 2.24) is 10.2 Å². The minimum absolute atomic E-state index is 0.00306. The van der Waals surface area contributed by atoms with Gasteiger partial charge in [0, 0.05) is 25.6 Å². The lowest BCUT2D eigenvalue weighted by atomic mass is 10.1. The predicted octanol–water partition coefficient (Wildman–Crippen LogP) is 4.27. The number of hydrogen-bond donors (Lipinski definition) is 1. The first-order chi connectivity index (χ1) is 17.5. The van der Waals surface area contributed by atoms with Gasteiger partial charge in [-0.15, -0.1) is 0 Å². The van der Waals surface area contributed by atoms with Crippen molar-refractivity contribution in [2.45, 2.75) is 72.5 Å². The Kier molecular flexibility index (Phi) is 11.4. The predicted molar refractivity (Wildman–Crippen MR) is 148 cm³/mol. The lowest BCUT2D eigenvalue weighted by Gasteiger charge is -2.30. The van der Waals surface area contributed by atoms with Gasteiger partial charge in [-0.05, 0) is 70.4 Å². The maximum Gasteiger partial charge on any atom is 0.242 e. The Balaban J connectivity index is 2.16. The minimum Gasteiger partial charge on any atom is -0.494 e. The smallest absolute Gasteiger partial charge is 0.242 e. The normalized spacial score (nSPS) is 12.9. The number of benzene rings is 2.